The number of methoxy groups -OCH3 is 1. The van der Waals surface area contributed by atoms with Crippen LogP contribution in [0.4, 0.5) is 0 Å². The van der Waals surface area contributed by atoms with Crippen LogP contribution >= 0.6 is 0 Å². The highest BCUT2D eigenvalue weighted by Gasteiger charge is 2.29. The highest BCUT2D eigenvalue weighted by Crippen LogP contribution is 2.21. The fourth-order valence-electron chi connectivity index (χ4n) is 3.37. The molecule has 152 valence electrons. The van der Waals surface area contributed by atoms with Crippen molar-refractivity contribution in [3.8, 4) is 0 Å². The highest BCUT2D eigenvalue weighted by atomic mass is 32.2. The Morgan fingerprint density at radius 1 is 1.11 bits per heavy atom. The molecule has 0 spiro atoms. The molecular weight excluding hydrogens is 380 g/mol. The number of furan rings is 1. The first-order valence-corrected chi connectivity index (χ1v) is 10.9. The maximum Gasteiger partial charge on any atom is 0.374 e. The number of sulfonamides is 1. The summed E-state index contributed by atoms with van der Waals surface area (Å²) >= 11 is 0. The molecule has 0 saturated carbocycles. The van der Waals surface area contributed by atoms with Crippen molar-refractivity contribution in [2.75, 3.05) is 33.3 Å². The third-order valence-electron chi connectivity index (χ3n) is 4.94. The lowest BCUT2D eigenvalue weighted by atomic mass is 10.1. The molecule has 3 rings (SSSR count). The van der Waals surface area contributed by atoms with Gasteiger partial charge in [0.25, 0.3) is 0 Å². The lowest BCUT2D eigenvalue weighted by Crippen LogP contribution is -2.48. The summed E-state index contributed by atoms with van der Waals surface area (Å²) in [5, 5.41) is 0. The zero-order valence-electron chi connectivity index (χ0n) is 16.3. The van der Waals surface area contributed by atoms with Crippen LogP contribution in [0.2, 0.25) is 0 Å². The van der Waals surface area contributed by atoms with E-state index >= 15 is 0 Å². The number of hydrogen-bond donors (Lipinski definition) is 0. The van der Waals surface area contributed by atoms with Crippen LogP contribution < -0.4 is 0 Å². The number of ether oxygens (including phenoxy) is 1. The molecule has 1 aliphatic heterocycles. The monoisotopic (exact) mass is 406 g/mol. The van der Waals surface area contributed by atoms with E-state index in [2.05, 4.69) is 11.8 Å². The predicted molar refractivity (Wildman–Crippen MR) is 105 cm³/mol. The van der Waals surface area contributed by atoms with Crippen LogP contribution in [-0.4, -0.2) is 56.9 Å². The molecule has 1 saturated heterocycles. The molecule has 0 N–H and O–H groups in total. The number of carbonyl (C=O) groups excluding carboxylic acids is 1. The zero-order valence-corrected chi connectivity index (χ0v) is 17.1. The topological polar surface area (TPSA) is 80.1 Å². The Labute approximate surface area is 165 Å². The Kier molecular flexibility index (Phi) is 6.53. The van der Waals surface area contributed by atoms with Crippen LogP contribution in [0.15, 0.2) is 45.9 Å². The van der Waals surface area contributed by atoms with Crippen molar-refractivity contribution in [3.05, 3.63) is 53.5 Å². The lowest BCUT2D eigenvalue weighted by molar-refractivity contribution is 0.0561. The Morgan fingerprint density at radius 2 is 1.79 bits per heavy atom. The second kappa shape index (κ2) is 8.89. The predicted octanol–water partition coefficient (Wildman–Crippen LogP) is 2.53. The molecule has 8 heteroatoms. The van der Waals surface area contributed by atoms with Gasteiger partial charge in [-0.3, -0.25) is 4.90 Å². The summed E-state index contributed by atoms with van der Waals surface area (Å²) in [6.07, 6.45) is 3.44. The number of carbonyl (C=O) groups is 1. The van der Waals surface area contributed by atoms with Crippen LogP contribution in [0.25, 0.3) is 0 Å². The Hall–Kier alpha value is -2.16. The average Bonchev–Trinajstić information content (AvgIpc) is 3.16. The molecule has 28 heavy (non-hydrogen) atoms. The molecule has 2 aromatic rings. The number of esters is 1. The molecule has 1 fully saturated rings. The molecule has 1 aromatic heterocycles. The van der Waals surface area contributed by atoms with E-state index in [9.17, 15) is 13.2 Å². The molecule has 0 bridgehead atoms. The Bertz CT molecular complexity index is 897. The number of aryl methyl sites for hydroxylation is 1. The van der Waals surface area contributed by atoms with Gasteiger partial charge in [-0.15, -0.1) is 0 Å². The van der Waals surface area contributed by atoms with Crippen molar-refractivity contribution in [2.24, 2.45) is 0 Å². The van der Waals surface area contributed by atoms with Gasteiger partial charge in [0, 0.05) is 38.3 Å². The summed E-state index contributed by atoms with van der Waals surface area (Å²) in [5.41, 5.74) is 1.89. The largest absolute Gasteiger partial charge is 0.463 e. The van der Waals surface area contributed by atoms with Crippen LogP contribution in [0, 0.1) is 0 Å². The van der Waals surface area contributed by atoms with E-state index in [1.165, 1.54) is 17.7 Å². The van der Waals surface area contributed by atoms with Crippen LogP contribution in [0.3, 0.4) is 0 Å². The van der Waals surface area contributed by atoms with Gasteiger partial charge in [-0.05, 0) is 30.2 Å². The van der Waals surface area contributed by atoms with Crippen LogP contribution in [0.5, 0.6) is 0 Å². The molecule has 0 unspecified atom stereocenters. The first kappa shape index (κ1) is 20.6. The van der Waals surface area contributed by atoms with Crippen molar-refractivity contribution in [2.45, 2.75) is 31.2 Å². The third kappa shape index (κ3) is 4.45. The van der Waals surface area contributed by atoms with Gasteiger partial charge in [0.2, 0.25) is 15.8 Å². The van der Waals surface area contributed by atoms with Crippen molar-refractivity contribution < 1.29 is 22.4 Å². The van der Waals surface area contributed by atoms with E-state index < -0.39 is 16.0 Å². The van der Waals surface area contributed by atoms with E-state index in [1.54, 1.807) is 18.2 Å². The molecule has 0 atom stereocenters. The first-order chi connectivity index (χ1) is 13.5. The highest BCUT2D eigenvalue weighted by molar-refractivity contribution is 7.89. The van der Waals surface area contributed by atoms with Crippen LogP contribution in [-0.2, 0) is 27.7 Å². The minimum atomic E-state index is -3.49. The maximum atomic E-state index is 12.9. The van der Waals surface area contributed by atoms with Gasteiger partial charge in [-0.1, -0.05) is 25.5 Å². The van der Waals surface area contributed by atoms with Crippen molar-refractivity contribution in [1.29, 1.82) is 0 Å². The molecule has 1 aliphatic rings. The van der Waals surface area contributed by atoms with Gasteiger partial charge in [0.1, 0.15) is 0 Å². The summed E-state index contributed by atoms with van der Waals surface area (Å²) in [7, 11) is -2.18. The Balaban J connectivity index is 1.61. The maximum absolute atomic E-state index is 12.9. The lowest BCUT2D eigenvalue weighted by Gasteiger charge is -2.33. The van der Waals surface area contributed by atoms with Gasteiger partial charge in [-0.25, -0.2) is 13.2 Å². The summed E-state index contributed by atoms with van der Waals surface area (Å²) < 4.78 is 37.2. The second-order valence-electron chi connectivity index (χ2n) is 6.84. The number of benzene rings is 1. The first-order valence-electron chi connectivity index (χ1n) is 9.42. The van der Waals surface area contributed by atoms with Gasteiger partial charge >= 0.3 is 5.97 Å². The summed E-state index contributed by atoms with van der Waals surface area (Å²) in [4.78, 5) is 14.2. The van der Waals surface area contributed by atoms with E-state index in [1.807, 2.05) is 12.1 Å². The summed E-state index contributed by atoms with van der Waals surface area (Å²) in [6, 6.07) is 8.91. The van der Waals surface area contributed by atoms with E-state index in [4.69, 9.17) is 9.15 Å². The minimum Gasteiger partial charge on any atom is -0.463 e. The van der Waals surface area contributed by atoms with E-state index in [0.717, 1.165) is 24.0 Å². The fourth-order valence-corrected chi connectivity index (χ4v) is 4.79. The van der Waals surface area contributed by atoms with Crippen molar-refractivity contribution >= 4 is 16.0 Å². The van der Waals surface area contributed by atoms with Gasteiger partial charge in [0.15, 0.2) is 0 Å². The minimum absolute atomic E-state index is 0.199. The van der Waals surface area contributed by atoms with Gasteiger partial charge < -0.3 is 9.15 Å². The number of piperazine rings is 1. The molecular formula is C20H26N2O5S. The number of nitrogens with zero attached hydrogens (tertiary/aromatic N) is 2. The number of rotatable bonds is 7. The Morgan fingerprint density at radius 3 is 2.39 bits per heavy atom. The summed E-state index contributed by atoms with van der Waals surface area (Å²) in [6.45, 7) is 4.59. The van der Waals surface area contributed by atoms with Crippen molar-refractivity contribution in [1.82, 2.24) is 9.21 Å². The van der Waals surface area contributed by atoms with E-state index in [-0.39, 0.29) is 5.76 Å². The summed E-state index contributed by atoms with van der Waals surface area (Å²) in [5.74, 6) is -0.308. The molecule has 0 amide bonds. The molecule has 7 nitrogen and oxygen atoms in total. The average molecular weight is 407 g/mol. The fraction of sp³-hybridized carbons (Fsp3) is 0.450. The molecule has 0 radical (unpaired) electrons. The zero-order chi connectivity index (χ0) is 20.1. The normalized spacial score (nSPS) is 16.2. The van der Waals surface area contributed by atoms with Gasteiger partial charge in [-0.2, -0.15) is 4.31 Å². The smallest absolute Gasteiger partial charge is 0.374 e. The van der Waals surface area contributed by atoms with E-state index in [0.29, 0.717) is 37.6 Å². The SMILES string of the molecule is CCCc1ccc(S(=O)(=O)N2CCN(Cc3ccoc3C(=O)OC)CC2)cc1. The number of hydrogen-bond acceptors (Lipinski definition) is 6. The molecule has 2 heterocycles. The van der Waals surface area contributed by atoms with Gasteiger partial charge in [0.05, 0.1) is 18.3 Å². The molecule has 0 aliphatic carbocycles. The van der Waals surface area contributed by atoms with Crippen molar-refractivity contribution in [3.63, 3.8) is 0 Å². The standard InChI is InChI=1S/C20H26N2O5S/c1-3-4-16-5-7-18(8-6-16)28(24,25)22-12-10-21(11-13-22)15-17-9-14-27-19(17)20(23)26-2/h5-9,14H,3-4,10-13,15H2,1-2H3. The second-order valence-corrected chi connectivity index (χ2v) is 8.78. The quantitative estimate of drug-likeness (QED) is 0.658. The molecule has 1 aromatic carbocycles. The third-order valence-corrected chi connectivity index (χ3v) is 6.86. The van der Waals surface area contributed by atoms with Crippen LogP contribution in [0.1, 0.15) is 35.0 Å².